The Kier molecular flexibility index (Phi) is 6.18. The molecule has 2 rings (SSSR count). The van der Waals surface area contributed by atoms with Crippen LogP contribution in [0.25, 0.3) is 0 Å². The molecular weight excluding hydrogens is 314 g/mol. The van der Waals surface area contributed by atoms with Crippen LogP contribution in [-0.4, -0.2) is 27.5 Å². The number of benzene rings is 1. The highest BCUT2D eigenvalue weighted by Crippen LogP contribution is 2.27. The van der Waals surface area contributed by atoms with Crippen LogP contribution in [0.3, 0.4) is 0 Å². The number of esters is 1. The summed E-state index contributed by atoms with van der Waals surface area (Å²) in [5.74, 6) is -0.166. The highest BCUT2D eigenvalue weighted by atomic mass is 32.2. The summed E-state index contributed by atoms with van der Waals surface area (Å²) in [5, 5.41) is 0. The van der Waals surface area contributed by atoms with Crippen LogP contribution in [0.2, 0.25) is 0 Å². The zero-order valence-corrected chi connectivity index (χ0v) is 14.6. The first kappa shape index (κ1) is 17.9. The second-order valence-electron chi connectivity index (χ2n) is 6.13. The number of methoxy groups -OCH3 is 1. The van der Waals surface area contributed by atoms with Crippen LogP contribution in [0.15, 0.2) is 24.3 Å². The first-order valence-electron chi connectivity index (χ1n) is 8.12. The summed E-state index contributed by atoms with van der Waals surface area (Å²) >= 11 is 0. The number of ether oxygens (including phenoxy) is 1. The van der Waals surface area contributed by atoms with Crippen LogP contribution in [0.4, 0.5) is 0 Å². The van der Waals surface area contributed by atoms with Crippen LogP contribution < -0.4 is 4.72 Å². The van der Waals surface area contributed by atoms with Gasteiger partial charge in [-0.2, -0.15) is 0 Å². The molecule has 6 heteroatoms. The molecule has 0 heterocycles. The molecule has 128 valence electrons. The molecule has 0 amide bonds. The van der Waals surface area contributed by atoms with Gasteiger partial charge in [0.1, 0.15) is 0 Å². The van der Waals surface area contributed by atoms with E-state index in [0.29, 0.717) is 17.0 Å². The smallest absolute Gasteiger partial charge is 0.337 e. The van der Waals surface area contributed by atoms with Gasteiger partial charge >= 0.3 is 5.97 Å². The Morgan fingerprint density at radius 3 is 2.74 bits per heavy atom. The molecule has 1 aliphatic carbocycles. The van der Waals surface area contributed by atoms with Gasteiger partial charge in [0.25, 0.3) is 0 Å². The van der Waals surface area contributed by atoms with Gasteiger partial charge in [0.2, 0.25) is 10.0 Å². The van der Waals surface area contributed by atoms with Crippen molar-refractivity contribution in [2.24, 2.45) is 5.92 Å². The molecule has 0 spiro atoms. The Balaban J connectivity index is 2.07. The minimum Gasteiger partial charge on any atom is -0.465 e. The molecule has 2 unspecified atom stereocenters. The second kappa shape index (κ2) is 7.93. The minimum absolute atomic E-state index is 0.0301. The lowest BCUT2D eigenvalue weighted by atomic mass is 9.83. The summed E-state index contributed by atoms with van der Waals surface area (Å²) in [5.41, 5.74) is 0.952. The van der Waals surface area contributed by atoms with Gasteiger partial charge in [-0.3, -0.25) is 0 Å². The van der Waals surface area contributed by atoms with Gasteiger partial charge in [-0.25, -0.2) is 17.9 Å². The molecule has 2 atom stereocenters. The average Bonchev–Trinajstić information content (AvgIpc) is 2.54. The van der Waals surface area contributed by atoms with E-state index in [9.17, 15) is 13.2 Å². The van der Waals surface area contributed by atoms with Crippen molar-refractivity contribution in [2.45, 2.75) is 50.8 Å². The molecule has 1 aromatic carbocycles. The molecular formula is C17H25NO4S. The third kappa shape index (κ3) is 5.04. The Hall–Kier alpha value is -1.40. The predicted molar refractivity (Wildman–Crippen MR) is 89.6 cm³/mol. The van der Waals surface area contributed by atoms with Crippen molar-refractivity contribution in [3.63, 3.8) is 0 Å². The minimum atomic E-state index is -3.43. The summed E-state index contributed by atoms with van der Waals surface area (Å²) in [4.78, 5) is 11.5. The third-order valence-electron chi connectivity index (χ3n) is 4.47. The van der Waals surface area contributed by atoms with Gasteiger partial charge in [-0.05, 0) is 36.5 Å². The van der Waals surface area contributed by atoms with Crippen LogP contribution in [-0.2, 0) is 20.5 Å². The zero-order chi connectivity index (χ0) is 16.9. The highest BCUT2D eigenvalue weighted by molar-refractivity contribution is 7.88. The van der Waals surface area contributed by atoms with E-state index < -0.39 is 16.0 Å². The lowest BCUT2D eigenvalue weighted by Crippen LogP contribution is -2.42. The number of carbonyl (C=O) groups excluding carboxylic acids is 1. The molecule has 1 aromatic rings. The van der Waals surface area contributed by atoms with Crippen molar-refractivity contribution < 1.29 is 17.9 Å². The molecule has 1 fully saturated rings. The summed E-state index contributed by atoms with van der Waals surface area (Å²) in [7, 11) is -2.12. The van der Waals surface area contributed by atoms with E-state index in [0.717, 1.165) is 25.7 Å². The third-order valence-corrected chi connectivity index (χ3v) is 5.84. The molecule has 1 aliphatic rings. The van der Waals surface area contributed by atoms with Crippen molar-refractivity contribution >= 4 is 16.0 Å². The van der Waals surface area contributed by atoms with Gasteiger partial charge in [-0.1, -0.05) is 38.3 Å². The first-order valence-corrected chi connectivity index (χ1v) is 9.77. The maximum atomic E-state index is 12.5. The van der Waals surface area contributed by atoms with Crippen LogP contribution >= 0.6 is 0 Å². The van der Waals surface area contributed by atoms with Crippen molar-refractivity contribution in [3.05, 3.63) is 35.4 Å². The maximum absolute atomic E-state index is 12.5. The Labute approximate surface area is 138 Å². The quantitative estimate of drug-likeness (QED) is 0.809. The molecule has 0 aliphatic heterocycles. The van der Waals surface area contributed by atoms with Crippen molar-refractivity contribution in [3.8, 4) is 0 Å². The summed E-state index contributed by atoms with van der Waals surface area (Å²) in [6.45, 7) is 2.11. The average molecular weight is 339 g/mol. The van der Waals surface area contributed by atoms with Crippen LogP contribution in [0.5, 0.6) is 0 Å². The molecule has 5 nitrogen and oxygen atoms in total. The van der Waals surface area contributed by atoms with Gasteiger partial charge in [0.15, 0.2) is 0 Å². The molecule has 0 bridgehead atoms. The molecule has 0 saturated heterocycles. The summed E-state index contributed by atoms with van der Waals surface area (Å²) < 4.78 is 32.4. The van der Waals surface area contributed by atoms with Crippen molar-refractivity contribution in [1.29, 1.82) is 0 Å². The fourth-order valence-corrected chi connectivity index (χ4v) is 4.72. The SMILES string of the molecule is CCC1CCCCC1NS(=O)(=O)Cc1cccc(C(=O)OC)c1. The number of carbonyl (C=O) groups is 1. The summed E-state index contributed by atoms with van der Waals surface area (Å²) in [6.07, 6.45) is 5.23. The van der Waals surface area contributed by atoms with E-state index in [1.54, 1.807) is 24.3 Å². The standard InChI is InChI=1S/C17H25NO4S/c1-3-14-8-4-5-10-16(14)18-23(20,21)12-13-7-6-9-15(11-13)17(19)22-2/h6-7,9,11,14,16,18H,3-5,8,10,12H2,1-2H3. The van der Waals surface area contributed by atoms with E-state index in [1.165, 1.54) is 13.5 Å². The van der Waals surface area contributed by atoms with E-state index in [4.69, 9.17) is 0 Å². The maximum Gasteiger partial charge on any atom is 0.337 e. The van der Waals surface area contributed by atoms with Gasteiger partial charge in [0, 0.05) is 6.04 Å². The number of hydrogen-bond acceptors (Lipinski definition) is 4. The fraction of sp³-hybridized carbons (Fsp3) is 0.588. The van der Waals surface area contributed by atoms with Crippen molar-refractivity contribution in [2.75, 3.05) is 7.11 Å². The van der Waals surface area contributed by atoms with Gasteiger partial charge < -0.3 is 4.74 Å². The van der Waals surface area contributed by atoms with Crippen LogP contribution in [0, 0.1) is 5.92 Å². The van der Waals surface area contributed by atoms with E-state index in [2.05, 4.69) is 16.4 Å². The molecule has 0 radical (unpaired) electrons. The molecule has 0 aromatic heterocycles. The van der Waals surface area contributed by atoms with Gasteiger partial charge in [-0.15, -0.1) is 0 Å². The van der Waals surface area contributed by atoms with Crippen molar-refractivity contribution in [1.82, 2.24) is 4.72 Å². The number of sulfonamides is 1. The highest BCUT2D eigenvalue weighted by Gasteiger charge is 2.27. The molecule has 1 saturated carbocycles. The second-order valence-corrected chi connectivity index (χ2v) is 7.88. The molecule has 1 N–H and O–H groups in total. The van der Waals surface area contributed by atoms with Gasteiger partial charge in [0.05, 0.1) is 18.4 Å². The lowest BCUT2D eigenvalue weighted by molar-refractivity contribution is 0.0600. The zero-order valence-electron chi connectivity index (χ0n) is 13.7. The Bertz CT molecular complexity index is 642. The summed E-state index contributed by atoms with van der Waals surface area (Å²) in [6, 6.07) is 6.60. The monoisotopic (exact) mass is 339 g/mol. The van der Waals surface area contributed by atoms with E-state index in [-0.39, 0.29) is 11.8 Å². The number of rotatable bonds is 6. The normalized spacial score (nSPS) is 21.8. The fourth-order valence-electron chi connectivity index (χ4n) is 3.25. The number of nitrogens with one attached hydrogen (secondary N) is 1. The van der Waals surface area contributed by atoms with Crippen LogP contribution in [0.1, 0.15) is 54.9 Å². The van der Waals surface area contributed by atoms with E-state index >= 15 is 0 Å². The Morgan fingerprint density at radius 1 is 1.30 bits per heavy atom. The largest absolute Gasteiger partial charge is 0.465 e. The topological polar surface area (TPSA) is 72.5 Å². The number of hydrogen-bond donors (Lipinski definition) is 1. The van der Waals surface area contributed by atoms with E-state index in [1.807, 2.05) is 0 Å². The Morgan fingerprint density at radius 2 is 2.04 bits per heavy atom. The molecule has 23 heavy (non-hydrogen) atoms. The predicted octanol–water partition coefficient (Wildman–Crippen LogP) is 2.86. The first-order chi connectivity index (χ1) is 10.9. The lowest BCUT2D eigenvalue weighted by Gasteiger charge is -2.31.